The van der Waals surface area contributed by atoms with E-state index in [9.17, 15) is 9.18 Å². The summed E-state index contributed by atoms with van der Waals surface area (Å²) in [6.45, 7) is 4.75. The van der Waals surface area contributed by atoms with Gasteiger partial charge in [-0.2, -0.15) is 0 Å². The van der Waals surface area contributed by atoms with Gasteiger partial charge in [0.15, 0.2) is 5.96 Å². The number of likely N-dealkylation sites (tertiary alicyclic amines) is 1. The van der Waals surface area contributed by atoms with Crippen molar-refractivity contribution in [1.29, 1.82) is 0 Å². The molecule has 0 radical (unpaired) electrons. The second kappa shape index (κ2) is 10.6. The molecule has 3 N–H and O–H groups in total. The highest BCUT2D eigenvalue weighted by Crippen LogP contribution is 2.17. The van der Waals surface area contributed by atoms with Crippen LogP contribution < -0.4 is 16.0 Å². The Morgan fingerprint density at radius 3 is 2.78 bits per heavy atom. The summed E-state index contributed by atoms with van der Waals surface area (Å²) in [5.74, 6) is 0.192. The van der Waals surface area contributed by atoms with Crippen LogP contribution in [0.3, 0.4) is 0 Å². The number of hydrogen-bond donors (Lipinski definition) is 2. The highest BCUT2D eigenvalue weighted by Gasteiger charge is 2.23. The number of halogens is 1. The van der Waals surface area contributed by atoms with Gasteiger partial charge in [-0.1, -0.05) is 12.1 Å². The predicted molar refractivity (Wildman–Crippen MR) is 106 cm³/mol. The topological polar surface area (TPSA) is 83.2 Å². The Hall–Kier alpha value is -2.51. The molecule has 0 spiro atoms. The molecule has 150 valence electrons. The minimum absolute atomic E-state index is 0.209. The summed E-state index contributed by atoms with van der Waals surface area (Å²) < 4.78 is 18.7. The van der Waals surface area contributed by atoms with Crippen molar-refractivity contribution in [3.63, 3.8) is 0 Å². The zero-order valence-electron chi connectivity index (χ0n) is 16.2. The minimum atomic E-state index is -0.253. The molecule has 0 atom stereocenters. The Balaban J connectivity index is 1.66. The molecule has 1 fully saturated rings. The molecule has 2 rings (SSSR count). The molecule has 0 aromatic heterocycles. The summed E-state index contributed by atoms with van der Waals surface area (Å²) in [5, 5.41) is 3.21. The van der Waals surface area contributed by atoms with E-state index in [1.165, 1.54) is 6.07 Å². The largest absolute Gasteiger partial charge is 0.450 e. The van der Waals surface area contributed by atoms with Crippen LogP contribution in [0.4, 0.5) is 14.9 Å². The molecule has 1 aliphatic rings. The highest BCUT2D eigenvalue weighted by atomic mass is 19.1. The molecule has 1 aromatic rings. The average molecular weight is 379 g/mol. The molecule has 1 aromatic carbocycles. The van der Waals surface area contributed by atoms with Gasteiger partial charge < -0.3 is 25.6 Å². The Morgan fingerprint density at radius 2 is 2.11 bits per heavy atom. The van der Waals surface area contributed by atoms with Gasteiger partial charge in [-0.15, -0.1) is 0 Å². The zero-order chi connectivity index (χ0) is 19.6. The highest BCUT2D eigenvalue weighted by molar-refractivity contribution is 5.78. The summed E-state index contributed by atoms with van der Waals surface area (Å²) in [7, 11) is 1.86. The van der Waals surface area contributed by atoms with Crippen molar-refractivity contribution in [3.8, 4) is 0 Å². The quantitative estimate of drug-likeness (QED) is 0.431. The lowest BCUT2D eigenvalue weighted by Crippen LogP contribution is -2.48. The zero-order valence-corrected chi connectivity index (χ0v) is 16.2. The first-order chi connectivity index (χ1) is 13.0. The smallest absolute Gasteiger partial charge is 0.409 e. The van der Waals surface area contributed by atoms with Crippen LogP contribution in [0.1, 0.15) is 26.2 Å². The molecule has 0 saturated carbocycles. The number of hydrogen-bond acceptors (Lipinski definition) is 4. The minimum Gasteiger partial charge on any atom is -0.450 e. The third-order valence-electron chi connectivity index (χ3n) is 4.57. The van der Waals surface area contributed by atoms with Crippen molar-refractivity contribution in [2.75, 3.05) is 44.7 Å². The van der Waals surface area contributed by atoms with E-state index in [0.29, 0.717) is 44.4 Å². The van der Waals surface area contributed by atoms with E-state index < -0.39 is 0 Å². The van der Waals surface area contributed by atoms with Gasteiger partial charge in [0.2, 0.25) is 0 Å². The average Bonchev–Trinajstić information content (AvgIpc) is 2.66. The number of anilines is 1. The first-order valence-corrected chi connectivity index (χ1v) is 9.45. The van der Waals surface area contributed by atoms with Crippen molar-refractivity contribution >= 4 is 17.7 Å². The number of carbonyl (C=O) groups is 1. The molecule has 1 heterocycles. The molecule has 1 amide bonds. The number of nitrogens with one attached hydrogen (secondary N) is 1. The summed E-state index contributed by atoms with van der Waals surface area (Å²) in [6.07, 6.45) is 2.14. The third kappa shape index (κ3) is 6.62. The van der Waals surface area contributed by atoms with Gasteiger partial charge in [0.1, 0.15) is 5.82 Å². The first-order valence-electron chi connectivity index (χ1n) is 9.45. The number of amides is 1. The molecular weight excluding hydrogens is 349 g/mol. The maximum atomic E-state index is 13.7. The van der Waals surface area contributed by atoms with Gasteiger partial charge in [0, 0.05) is 39.3 Å². The Bertz CT molecular complexity index is 632. The van der Waals surface area contributed by atoms with Crippen molar-refractivity contribution in [1.82, 2.24) is 10.2 Å². The Kier molecular flexibility index (Phi) is 8.16. The molecule has 1 saturated heterocycles. The van der Waals surface area contributed by atoms with Crippen LogP contribution in [-0.4, -0.2) is 62.8 Å². The van der Waals surface area contributed by atoms with Crippen LogP contribution in [-0.2, 0) is 4.74 Å². The number of benzene rings is 1. The van der Waals surface area contributed by atoms with Gasteiger partial charge in [0.25, 0.3) is 0 Å². The van der Waals surface area contributed by atoms with Gasteiger partial charge in [-0.05, 0) is 38.3 Å². The fourth-order valence-corrected chi connectivity index (χ4v) is 3.07. The van der Waals surface area contributed by atoms with Gasteiger partial charge >= 0.3 is 6.09 Å². The maximum absolute atomic E-state index is 13.7. The second-order valence-corrected chi connectivity index (χ2v) is 6.60. The number of para-hydroxylation sites is 1. The molecule has 7 nitrogen and oxygen atoms in total. The van der Waals surface area contributed by atoms with E-state index >= 15 is 0 Å². The lowest BCUT2D eigenvalue weighted by molar-refractivity contribution is 0.0963. The first kappa shape index (κ1) is 20.8. The molecule has 8 heteroatoms. The molecule has 0 bridgehead atoms. The number of aliphatic imine (C=N–C) groups is 1. The summed E-state index contributed by atoms with van der Waals surface area (Å²) >= 11 is 0. The fourth-order valence-electron chi connectivity index (χ4n) is 3.07. The molecule has 1 aliphatic heterocycles. The Labute approximate surface area is 160 Å². The number of carbonyl (C=O) groups excluding carboxylic acids is 1. The Morgan fingerprint density at radius 1 is 1.41 bits per heavy atom. The summed E-state index contributed by atoms with van der Waals surface area (Å²) in [6, 6.07) is 6.93. The van der Waals surface area contributed by atoms with Gasteiger partial charge in [-0.25, -0.2) is 9.18 Å². The molecule has 27 heavy (non-hydrogen) atoms. The number of nitrogens with zero attached hydrogens (tertiary/aromatic N) is 3. The van der Waals surface area contributed by atoms with Crippen molar-refractivity contribution in [2.24, 2.45) is 10.7 Å². The standard InChI is InChI=1S/C19H30FN5O2/c1-3-27-19(26)25-13-9-15(10-14-25)23-18(21)22-11-6-12-24(2)17-8-5-4-7-16(17)20/h4-5,7-8,15H,3,6,9-14H2,1-2H3,(H3,21,22,23). The van der Waals surface area contributed by atoms with E-state index in [0.717, 1.165) is 19.3 Å². The normalized spacial score (nSPS) is 15.5. The van der Waals surface area contributed by atoms with Crippen LogP contribution in [0.15, 0.2) is 29.3 Å². The number of guanidine groups is 1. The van der Waals surface area contributed by atoms with E-state index in [1.807, 2.05) is 18.0 Å². The van der Waals surface area contributed by atoms with Crippen LogP contribution in [0, 0.1) is 5.82 Å². The second-order valence-electron chi connectivity index (χ2n) is 6.60. The van der Waals surface area contributed by atoms with Crippen molar-refractivity contribution in [2.45, 2.75) is 32.2 Å². The van der Waals surface area contributed by atoms with Crippen LogP contribution >= 0.6 is 0 Å². The van der Waals surface area contributed by atoms with E-state index in [4.69, 9.17) is 10.5 Å². The number of rotatable bonds is 7. The summed E-state index contributed by atoms with van der Waals surface area (Å²) in [5.41, 5.74) is 6.54. The SMILES string of the molecule is CCOC(=O)N1CCC(NC(N)=NCCCN(C)c2ccccc2F)CC1. The van der Waals surface area contributed by atoms with Crippen LogP contribution in [0.2, 0.25) is 0 Å². The molecule has 0 aliphatic carbocycles. The molecule has 0 unspecified atom stereocenters. The lowest BCUT2D eigenvalue weighted by atomic mass is 10.1. The monoisotopic (exact) mass is 379 g/mol. The number of nitrogens with two attached hydrogens (primary N) is 1. The maximum Gasteiger partial charge on any atom is 0.409 e. The predicted octanol–water partition coefficient (Wildman–Crippen LogP) is 2.18. The third-order valence-corrected chi connectivity index (χ3v) is 4.57. The van der Waals surface area contributed by atoms with Gasteiger partial charge in [-0.3, -0.25) is 4.99 Å². The summed E-state index contributed by atoms with van der Waals surface area (Å²) in [4.78, 5) is 19.6. The fraction of sp³-hybridized carbons (Fsp3) is 0.579. The number of ether oxygens (including phenoxy) is 1. The lowest BCUT2D eigenvalue weighted by Gasteiger charge is -2.31. The van der Waals surface area contributed by atoms with Crippen molar-refractivity contribution in [3.05, 3.63) is 30.1 Å². The molecular formula is C19H30FN5O2. The number of piperidine rings is 1. The van der Waals surface area contributed by atoms with Crippen molar-refractivity contribution < 1.29 is 13.9 Å². The van der Waals surface area contributed by atoms with Gasteiger partial charge in [0.05, 0.1) is 12.3 Å². The van der Waals surface area contributed by atoms with Crippen LogP contribution in [0.5, 0.6) is 0 Å². The van der Waals surface area contributed by atoms with E-state index in [-0.39, 0.29) is 18.0 Å². The van der Waals surface area contributed by atoms with E-state index in [1.54, 1.807) is 24.0 Å². The van der Waals surface area contributed by atoms with E-state index in [2.05, 4.69) is 10.3 Å². The van der Waals surface area contributed by atoms with Crippen LogP contribution in [0.25, 0.3) is 0 Å².